The van der Waals surface area contributed by atoms with Crippen LogP contribution in [0.4, 0.5) is 0 Å². The minimum Gasteiger partial charge on any atom is -0.497 e. The lowest BCUT2D eigenvalue weighted by molar-refractivity contribution is 0.413. The van der Waals surface area contributed by atoms with Crippen LogP contribution >= 0.6 is 23.5 Å². The molecule has 0 amide bonds. The largest absolute Gasteiger partial charge is 0.497 e. The SMILES string of the molecule is COc1ccc(CN(Cc2ccc(OC)cc2)Sc2cccc(Oc3cccc(-c4c(C(C)C)nc5c(Cl)cccn45)c3)c2)cc1. The van der Waals surface area contributed by atoms with Crippen LogP contribution in [0.25, 0.3) is 16.9 Å². The van der Waals surface area contributed by atoms with Crippen LogP contribution in [0.3, 0.4) is 0 Å². The van der Waals surface area contributed by atoms with Gasteiger partial charge in [0.2, 0.25) is 0 Å². The molecule has 0 aliphatic carbocycles. The fraction of sp³-hybridized carbons (Fsp3) is 0.184. The minimum atomic E-state index is 0.225. The Balaban J connectivity index is 1.24. The first-order chi connectivity index (χ1) is 22.4. The number of pyridine rings is 1. The number of hydrogen-bond donors (Lipinski definition) is 0. The van der Waals surface area contributed by atoms with Gasteiger partial charge in [0, 0.05) is 29.7 Å². The van der Waals surface area contributed by atoms with Crippen LogP contribution in [-0.4, -0.2) is 27.9 Å². The molecule has 0 unspecified atom stereocenters. The standard InChI is InChI=1S/C38H36ClN3O3S/c1-26(2)36-37(42-21-7-12-35(39)38(42)40-36)29-8-5-9-32(22-29)45-33-10-6-11-34(23-33)46-41(24-27-13-17-30(43-3)18-14-27)25-28-15-19-31(44-4)20-16-28/h5-23,26H,24-25H2,1-4H3. The maximum atomic E-state index is 6.52. The molecule has 0 saturated carbocycles. The fourth-order valence-electron chi connectivity index (χ4n) is 5.32. The highest BCUT2D eigenvalue weighted by Gasteiger charge is 2.19. The van der Waals surface area contributed by atoms with Crippen LogP contribution in [0.5, 0.6) is 23.0 Å². The molecule has 6 rings (SSSR count). The molecule has 0 radical (unpaired) electrons. The first-order valence-corrected chi connectivity index (χ1v) is 16.3. The summed E-state index contributed by atoms with van der Waals surface area (Å²) in [7, 11) is 3.37. The normalized spacial score (nSPS) is 11.4. The van der Waals surface area contributed by atoms with E-state index in [0.717, 1.165) is 63.6 Å². The highest BCUT2D eigenvalue weighted by Crippen LogP contribution is 2.36. The van der Waals surface area contributed by atoms with E-state index in [1.807, 2.05) is 66.9 Å². The predicted octanol–water partition coefficient (Wildman–Crippen LogP) is 10.3. The summed E-state index contributed by atoms with van der Waals surface area (Å²) in [5, 5.41) is 0.630. The Morgan fingerprint density at radius 1 is 0.739 bits per heavy atom. The first-order valence-electron chi connectivity index (χ1n) is 15.1. The number of aromatic nitrogens is 2. The Labute approximate surface area is 279 Å². The molecule has 4 aromatic carbocycles. The summed E-state index contributed by atoms with van der Waals surface area (Å²) >= 11 is 8.21. The molecule has 234 valence electrons. The van der Waals surface area contributed by atoms with Crippen molar-refractivity contribution >= 4 is 29.2 Å². The molecule has 0 fully saturated rings. The highest BCUT2D eigenvalue weighted by molar-refractivity contribution is 7.97. The summed E-state index contributed by atoms with van der Waals surface area (Å²) in [6.07, 6.45) is 2.01. The number of fused-ring (bicyclic) bond motifs is 1. The van der Waals surface area contributed by atoms with Crippen molar-refractivity contribution in [3.8, 4) is 34.3 Å². The number of nitrogens with zero attached hydrogens (tertiary/aromatic N) is 3. The van der Waals surface area contributed by atoms with Gasteiger partial charge in [-0.1, -0.05) is 67.9 Å². The zero-order valence-corrected chi connectivity index (χ0v) is 27.9. The van der Waals surface area contributed by atoms with E-state index in [4.69, 9.17) is 30.8 Å². The Morgan fingerprint density at radius 2 is 1.35 bits per heavy atom. The van der Waals surface area contributed by atoms with E-state index in [1.165, 1.54) is 11.1 Å². The zero-order valence-electron chi connectivity index (χ0n) is 26.3. The van der Waals surface area contributed by atoms with Crippen LogP contribution in [0.1, 0.15) is 36.6 Å². The van der Waals surface area contributed by atoms with E-state index in [1.54, 1.807) is 26.2 Å². The van der Waals surface area contributed by atoms with Crippen molar-refractivity contribution in [1.82, 2.24) is 13.7 Å². The number of methoxy groups -OCH3 is 2. The van der Waals surface area contributed by atoms with E-state index in [2.05, 4.69) is 71.1 Å². The molecule has 0 N–H and O–H groups in total. The van der Waals surface area contributed by atoms with E-state index in [0.29, 0.717) is 5.02 Å². The second kappa shape index (κ2) is 14.3. The van der Waals surface area contributed by atoms with Crippen molar-refractivity contribution < 1.29 is 14.2 Å². The molecule has 0 bridgehead atoms. The number of ether oxygens (including phenoxy) is 3. The summed E-state index contributed by atoms with van der Waals surface area (Å²) in [5.74, 6) is 3.43. The van der Waals surface area contributed by atoms with Crippen molar-refractivity contribution in [3.05, 3.63) is 137 Å². The lowest BCUT2D eigenvalue weighted by Gasteiger charge is -2.22. The molecule has 6 aromatic rings. The van der Waals surface area contributed by atoms with E-state index in [9.17, 15) is 0 Å². The average Bonchev–Trinajstić information content (AvgIpc) is 3.47. The summed E-state index contributed by atoms with van der Waals surface area (Å²) in [6, 6.07) is 36.6. The zero-order chi connectivity index (χ0) is 32.0. The molecule has 2 heterocycles. The maximum Gasteiger partial charge on any atom is 0.156 e. The van der Waals surface area contributed by atoms with E-state index < -0.39 is 0 Å². The summed E-state index contributed by atoms with van der Waals surface area (Å²) < 4.78 is 21.6. The maximum absolute atomic E-state index is 6.52. The number of hydrogen-bond acceptors (Lipinski definition) is 6. The summed E-state index contributed by atoms with van der Waals surface area (Å²) in [5.41, 5.74) is 6.19. The van der Waals surface area contributed by atoms with Crippen LogP contribution < -0.4 is 14.2 Å². The molecule has 0 spiro atoms. The lowest BCUT2D eigenvalue weighted by atomic mass is 10.0. The molecule has 0 atom stereocenters. The molecule has 6 nitrogen and oxygen atoms in total. The molecule has 0 saturated heterocycles. The van der Waals surface area contributed by atoms with Gasteiger partial charge >= 0.3 is 0 Å². The van der Waals surface area contributed by atoms with Gasteiger partial charge in [-0.25, -0.2) is 9.29 Å². The number of imidazole rings is 1. The van der Waals surface area contributed by atoms with Gasteiger partial charge in [0.05, 0.1) is 30.6 Å². The fourth-order valence-corrected chi connectivity index (χ4v) is 6.56. The van der Waals surface area contributed by atoms with Gasteiger partial charge in [0.1, 0.15) is 23.0 Å². The van der Waals surface area contributed by atoms with Gasteiger partial charge in [-0.05, 0) is 95.7 Å². The van der Waals surface area contributed by atoms with Crippen LogP contribution in [0.15, 0.2) is 120 Å². The average molecular weight is 650 g/mol. The second-order valence-corrected chi connectivity index (χ2v) is 12.8. The van der Waals surface area contributed by atoms with Crippen molar-refractivity contribution in [1.29, 1.82) is 0 Å². The van der Waals surface area contributed by atoms with Gasteiger partial charge in [0.15, 0.2) is 5.65 Å². The van der Waals surface area contributed by atoms with Gasteiger partial charge < -0.3 is 14.2 Å². The minimum absolute atomic E-state index is 0.225. The summed E-state index contributed by atoms with van der Waals surface area (Å²) in [6.45, 7) is 5.79. The third-order valence-electron chi connectivity index (χ3n) is 7.60. The number of benzene rings is 4. The van der Waals surface area contributed by atoms with E-state index >= 15 is 0 Å². The highest BCUT2D eigenvalue weighted by atomic mass is 35.5. The molecule has 0 aliphatic rings. The van der Waals surface area contributed by atoms with Crippen molar-refractivity contribution in [2.45, 2.75) is 37.8 Å². The van der Waals surface area contributed by atoms with Crippen molar-refractivity contribution in [2.24, 2.45) is 0 Å². The second-order valence-electron chi connectivity index (χ2n) is 11.2. The molecular weight excluding hydrogens is 614 g/mol. The Hall–Kier alpha value is -4.43. The van der Waals surface area contributed by atoms with Crippen molar-refractivity contribution in [3.63, 3.8) is 0 Å². The Bertz CT molecular complexity index is 1870. The predicted molar refractivity (Wildman–Crippen MR) is 187 cm³/mol. The lowest BCUT2D eigenvalue weighted by Crippen LogP contribution is -2.15. The van der Waals surface area contributed by atoms with Crippen molar-refractivity contribution in [2.75, 3.05) is 14.2 Å². The van der Waals surface area contributed by atoms with Gasteiger partial charge in [-0.2, -0.15) is 0 Å². The van der Waals surface area contributed by atoms with Gasteiger partial charge in [-0.3, -0.25) is 4.40 Å². The Morgan fingerprint density at radius 3 is 1.96 bits per heavy atom. The van der Waals surface area contributed by atoms with Crippen LogP contribution in [0.2, 0.25) is 5.02 Å². The third kappa shape index (κ3) is 7.34. The monoisotopic (exact) mass is 649 g/mol. The molecule has 0 aliphatic heterocycles. The third-order valence-corrected chi connectivity index (χ3v) is 8.87. The van der Waals surface area contributed by atoms with Gasteiger partial charge in [0.25, 0.3) is 0 Å². The smallest absolute Gasteiger partial charge is 0.156 e. The molecular formula is C38H36ClN3O3S. The Kier molecular flexibility index (Phi) is 9.83. The van der Waals surface area contributed by atoms with Crippen LogP contribution in [-0.2, 0) is 13.1 Å². The van der Waals surface area contributed by atoms with E-state index in [-0.39, 0.29) is 5.92 Å². The topological polar surface area (TPSA) is 48.2 Å². The molecule has 2 aromatic heterocycles. The quantitative estimate of drug-likeness (QED) is 0.123. The number of rotatable bonds is 12. The first kappa shape index (κ1) is 31.5. The van der Waals surface area contributed by atoms with Gasteiger partial charge in [-0.15, -0.1) is 0 Å². The summed E-state index contributed by atoms with van der Waals surface area (Å²) in [4.78, 5) is 5.97. The number of halogens is 1. The van der Waals surface area contributed by atoms with Crippen LogP contribution in [0, 0.1) is 0 Å². The molecule has 46 heavy (non-hydrogen) atoms. The molecule has 8 heteroatoms.